The lowest BCUT2D eigenvalue weighted by atomic mass is 10.5. The SMILES string of the molecule is c1cnnc(NN2CCOCC2)c1. The Balaban J connectivity index is 1.90. The number of rotatable bonds is 2. The maximum Gasteiger partial charge on any atom is 0.163 e. The first-order valence-corrected chi connectivity index (χ1v) is 4.32. The Labute approximate surface area is 76.7 Å². The molecule has 1 aliphatic heterocycles. The highest BCUT2D eigenvalue weighted by atomic mass is 16.5. The fourth-order valence-corrected chi connectivity index (χ4v) is 1.20. The van der Waals surface area contributed by atoms with E-state index >= 15 is 0 Å². The van der Waals surface area contributed by atoms with Crippen LogP contribution in [0, 0.1) is 0 Å². The second kappa shape index (κ2) is 4.15. The third kappa shape index (κ3) is 2.37. The lowest BCUT2D eigenvalue weighted by molar-refractivity contribution is 0.0494. The van der Waals surface area contributed by atoms with Crippen molar-refractivity contribution >= 4 is 5.82 Å². The molecule has 0 unspecified atom stereocenters. The van der Waals surface area contributed by atoms with Crippen LogP contribution in [0.3, 0.4) is 0 Å². The van der Waals surface area contributed by atoms with Crippen molar-refractivity contribution in [1.82, 2.24) is 15.2 Å². The van der Waals surface area contributed by atoms with E-state index in [4.69, 9.17) is 4.74 Å². The predicted octanol–water partition coefficient (Wildman–Crippen LogP) is 0.136. The molecule has 1 aromatic rings. The van der Waals surface area contributed by atoms with Crippen LogP contribution in [0.2, 0.25) is 0 Å². The third-order valence-corrected chi connectivity index (χ3v) is 1.86. The first-order valence-electron chi connectivity index (χ1n) is 4.32. The van der Waals surface area contributed by atoms with Crippen LogP contribution in [0.25, 0.3) is 0 Å². The number of morpholine rings is 1. The summed E-state index contributed by atoms with van der Waals surface area (Å²) in [6, 6.07) is 3.75. The molecular formula is C8H12N4O. The molecule has 5 heteroatoms. The maximum atomic E-state index is 5.22. The topological polar surface area (TPSA) is 50.3 Å². The van der Waals surface area contributed by atoms with E-state index in [1.807, 2.05) is 12.1 Å². The summed E-state index contributed by atoms with van der Waals surface area (Å²) < 4.78 is 5.22. The lowest BCUT2D eigenvalue weighted by Crippen LogP contribution is -2.40. The first-order chi connectivity index (χ1) is 6.45. The highest BCUT2D eigenvalue weighted by molar-refractivity contribution is 5.29. The van der Waals surface area contributed by atoms with Crippen LogP contribution < -0.4 is 5.43 Å². The lowest BCUT2D eigenvalue weighted by Gasteiger charge is -2.26. The summed E-state index contributed by atoms with van der Waals surface area (Å²) in [5, 5.41) is 9.79. The number of ether oxygens (including phenoxy) is 1. The standard InChI is InChI=1S/C8H12N4O/c1-2-8(10-9-3-1)11-12-4-6-13-7-5-12/h1-3H,4-7H2,(H,10,11). The van der Waals surface area contributed by atoms with Gasteiger partial charge in [0.1, 0.15) is 0 Å². The van der Waals surface area contributed by atoms with E-state index in [1.54, 1.807) is 6.20 Å². The van der Waals surface area contributed by atoms with E-state index in [2.05, 4.69) is 20.6 Å². The van der Waals surface area contributed by atoms with Crippen LogP contribution in [0.1, 0.15) is 0 Å². The van der Waals surface area contributed by atoms with Crippen LogP contribution in [-0.2, 0) is 4.74 Å². The molecule has 0 radical (unpaired) electrons. The molecule has 1 N–H and O–H groups in total. The van der Waals surface area contributed by atoms with Crippen LogP contribution in [0.15, 0.2) is 18.3 Å². The molecule has 0 aromatic carbocycles. The van der Waals surface area contributed by atoms with Crippen LogP contribution in [0.5, 0.6) is 0 Å². The minimum absolute atomic E-state index is 0.771. The monoisotopic (exact) mass is 180 g/mol. The van der Waals surface area contributed by atoms with Crippen molar-refractivity contribution in [3.63, 3.8) is 0 Å². The summed E-state index contributed by atoms with van der Waals surface area (Å²) in [6.45, 7) is 3.31. The van der Waals surface area contributed by atoms with E-state index < -0.39 is 0 Å². The van der Waals surface area contributed by atoms with Crippen LogP contribution >= 0.6 is 0 Å². The van der Waals surface area contributed by atoms with Crippen molar-refractivity contribution < 1.29 is 4.74 Å². The largest absolute Gasteiger partial charge is 0.379 e. The van der Waals surface area contributed by atoms with Crippen molar-refractivity contribution in [2.24, 2.45) is 0 Å². The van der Waals surface area contributed by atoms with Crippen molar-refractivity contribution in [2.45, 2.75) is 0 Å². The van der Waals surface area contributed by atoms with Crippen molar-refractivity contribution in [3.8, 4) is 0 Å². The second-order valence-electron chi connectivity index (χ2n) is 2.82. The number of nitrogens with one attached hydrogen (secondary N) is 1. The summed E-state index contributed by atoms with van der Waals surface area (Å²) in [7, 11) is 0. The zero-order valence-electron chi connectivity index (χ0n) is 7.31. The average Bonchev–Trinajstić information content (AvgIpc) is 2.21. The highest BCUT2D eigenvalue weighted by Gasteiger charge is 2.09. The maximum absolute atomic E-state index is 5.22. The third-order valence-electron chi connectivity index (χ3n) is 1.86. The molecule has 1 saturated heterocycles. The molecule has 0 bridgehead atoms. The van der Waals surface area contributed by atoms with E-state index in [0.717, 1.165) is 32.1 Å². The molecule has 5 nitrogen and oxygen atoms in total. The normalized spacial score (nSPS) is 18.5. The molecule has 2 rings (SSSR count). The quantitative estimate of drug-likeness (QED) is 0.701. The molecule has 0 aliphatic carbocycles. The number of hydrogen-bond donors (Lipinski definition) is 1. The number of hydrazine groups is 1. The van der Waals surface area contributed by atoms with Gasteiger partial charge < -0.3 is 10.2 Å². The molecule has 0 saturated carbocycles. The van der Waals surface area contributed by atoms with Crippen molar-refractivity contribution in [3.05, 3.63) is 18.3 Å². The van der Waals surface area contributed by atoms with E-state index in [0.29, 0.717) is 0 Å². The minimum Gasteiger partial charge on any atom is -0.379 e. The number of nitrogens with zero attached hydrogens (tertiary/aromatic N) is 3. The van der Waals surface area contributed by atoms with Gasteiger partial charge in [0, 0.05) is 19.3 Å². The van der Waals surface area contributed by atoms with Gasteiger partial charge in [0.2, 0.25) is 0 Å². The Kier molecular flexibility index (Phi) is 2.68. The first kappa shape index (κ1) is 8.40. The van der Waals surface area contributed by atoms with Gasteiger partial charge in [0.25, 0.3) is 0 Å². The van der Waals surface area contributed by atoms with Gasteiger partial charge in [0.15, 0.2) is 5.82 Å². The minimum atomic E-state index is 0.771. The Morgan fingerprint density at radius 2 is 2.23 bits per heavy atom. The summed E-state index contributed by atoms with van der Waals surface area (Å²) in [5.41, 5.74) is 3.16. The summed E-state index contributed by atoms with van der Waals surface area (Å²) in [6.07, 6.45) is 1.66. The molecule has 2 heterocycles. The van der Waals surface area contributed by atoms with Gasteiger partial charge >= 0.3 is 0 Å². The Hall–Kier alpha value is -1.20. The Morgan fingerprint density at radius 1 is 1.38 bits per heavy atom. The van der Waals surface area contributed by atoms with Gasteiger partial charge in [-0.1, -0.05) is 0 Å². The Bertz CT molecular complexity index is 248. The predicted molar refractivity (Wildman–Crippen MR) is 48.0 cm³/mol. The van der Waals surface area contributed by atoms with E-state index in [1.165, 1.54) is 0 Å². The van der Waals surface area contributed by atoms with Gasteiger partial charge in [-0.15, -0.1) is 5.10 Å². The zero-order valence-corrected chi connectivity index (χ0v) is 7.31. The molecular weight excluding hydrogens is 168 g/mol. The molecule has 0 spiro atoms. The van der Waals surface area contributed by atoms with Gasteiger partial charge in [-0.25, -0.2) is 5.01 Å². The molecule has 1 fully saturated rings. The zero-order chi connectivity index (χ0) is 8.93. The van der Waals surface area contributed by atoms with Gasteiger partial charge in [-0.05, 0) is 12.1 Å². The van der Waals surface area contributed by atoms with Gasteiger partial charge in [0.05, 0.1) is 13.2 Å². The van der Waals surface area contributed by atoms with Crippen LogP contribution in [0.4, 0.5) is 5.82 Å². The number of aromatic nitrogens is 2. The Morgan fingerprint density at radius 3 is 2.92 bits per heavy atom. The molecule has 70 valence electrons. The molecule has 0 atom stereocenters. The fraction of sp³-hybridized carbons (Fsp3) is 0.500. The second-order valence-corrected chi connectivity index (χ2v) is 2.82. The summed E-state index contributed by atoms with van der Waals surface area (Å²) in [5.74, 6) is 0.782. The smallest absolute Gasteiger partial charge is 0.163 e. The molecule has 1 aromatic heterocycles. The summed E-state index contributed by atoms with van der Waals surface area (Å²) >= 11 is 0. The highest BCUT2D eigenvalue weighted by Crippen LogP contribution is 2.02. The molecule has 1 aliphatic rings. The van der Waals surface area contributed by atoms with Gasteiger partial charge in [-0.2, -0.15) is 5.10 Å². The van der Waals surface area contributed by atoms with Crippen LogP contribution in [-0.4, -0.2) is 41.5 Å². The summed E-state index contributed by atoms with van der Waals surface area (Å²) in [4.78, 5) is 0. The van der Waals surface area contributed by atoms with Crippen molar-refractivity contribution in [2.75, 3.05) is 31.7 Å². The van der Waals surface area contributed by atoms with Crippen molar-refractivity contribution in [1.29, 1.82) is 0 Å². The average molecular weight is 180 g/mol. The number of hydrogen-bond acceptors (Lipinski definition) is 5. The van der Waals surface area contributed by atoms with Gasteiger partial charge in [-0.3, -0.25) is 0 Å². The number of anilines is 1. The molecule has 0 amide bonds. The molecule has 13 heavy (non-hydrogen) atoms. The van der Waals surface area contributed by atoms with E-state index in [-0.39, 0.29) is 0 Å². The fourth-order valence-electron chi connectivity index (χ4n) is 1.20. The van der Waals surface area contributed by atoms with E-state index in [9.17, 15) is 0 Å².